The van der Waals surface area contributed by atoms with Crippen molar-refractivity contribution in [3.8, 4) is 5.75 Å². The van der Waals surface area contributed by atoms with Gasteiger partial charge in [0.2, 0.25) is 0 Å². The minimum atomic E-state index is -5.96. The number of carbonyl (C=O) groups excluding carboxylic acids is 2. The average Bonchev–Trinajstić information content (AvgIpc) is 2.64. The molecule has 1 aromatic carbocycles. The average molecular weight is 570 g/mol. The monoisotopic (exact) mass is 570 g/mol. The zero-order valence-electron chi connectivity index (χ0n) is 15.8. The maximum absolute atomic E-state index is 13.8. The summed E-state index contributed by atoms with van der Waals surface area (Å²) in [5.74, 6) is -4.54. The van der Waals surface area contributed by atoms with Crippen molar-refractivity contribution in [2.45, 2.75) is 48.7 Å². The number of hydrogen-bond donors (Lipinski definition) is 1. The molecule has 1 aliphatic heterocycles. The van der Waals surface area contributed by atoms with Gasteiger partial charge in [0.05, 0.1) is 0 Å². The van der Waals surface area contributed by atoms with Gasteiger partial charge in [0.15, 0.2) is 0 Å². The Hall–Kier alpha value is -1.54. The number of carbonyl (C=O) groups is 2. The molecule has 2 atom stereocenters. The van der Waals surface area contributed by atoms with Crippen LogP contribution in [0.1, 0.15) is 42.5 Å². The molecule has 4 aliphatic carbocycles. The minimum Gasteiger partial charge on any atom is -0.454 e. The molecule has 4 fully saturated rings. The Kier molecular flexibility index (Phi) is 4.47. The largest absolute Gasteiger partial charge is 0.465 e. The van der Waals surface area contributed by atoms with Crippen LogP contribution in [0.3, 0.4) is 0 Å². The first-order chi connectivity index (χ1) is 14.4. The molecule has 31 heavy (non-hydrogen) atoms. The molecule has 0 radical (unpaired) electrons. The van der Waals surface area contributed by atoms with Crippen LogP contribution in [0, 0.1) is 21.3 Å². The number of benzene rings is 1. The normalized spacial score (nSPS) is 36.0. The van der Waals surface area contributed by atoms with Crippen molar-refractivity contribution < 1.29 is 45.6 Å². The standard InChI is InChI=1S/C19H17F2IO8S/c20-19(21,31(25,26)27)16(24)30-17-6-9-3-10(7-17)18(11(4-9)8-17)28-14-5-12(22)1-2-13(14)15(23)29-18/h1-2,5,9-11H,3-4,6-8H2,(H,25,26,27). The van der Waals surface area contributed by atoms with Gasteiger partial charge in [0.25, 0.3) is 5.79 Å². The molecule has 0 amide bonds. The van der Waals surface area contributed by atoms with Crippen molar-refractivity contribution in [2.75, 3.05) is 0 Å². The molecule has 1 N–H and O–H groups in total. The lowest BCUT2D eigenvalue weighted by Crippen LogP contribution is -2.69. The van der Waals surface area contributed by atoms with Gasteiger partial charge >= 0.3 is 27.3 Å². The van der Waals surface area contributed by atoms with E-state index >= 15 is 0 Å². The van der Waals surface area contributed by atoms with Gasteiger partial charge in [-0.25, -0.2) is 9.59 Å². The van der Waals surface area contributed by atoms with E-state index in [1.54, 1.807) is 18.2 Å². The number of esters is 2. The van der Waals surface area contributed by atoms with E-state index in [2.05, 4.69) is 22.6 Å². The Morgan fingerprint density at radius 1 is 1.19 bits per heavy atom. The molecule has 8 nitrogen and oxygen atoms in total. The third-order valence-electron chi connectivity index (χ3n) is 6.83. The SMILES string of the molecule is O=C1OC2(Oc3cc(I)ccc31)C1CC3CC2CC(OC(=O)C(F)(F)S(=O)(=O)O)(C3)C1. The predicted octanol–water partition coefficient (Wildman–Crippen LogP) is 3.14. The zero-order valence-corrected chi connectivity index (χ0v) is 18.8. The smallest absolute Gasteiger partial charge is 0.454 e. The molecular formula is C19H17F2IO8S. The lowest BCUT2D eigenvalue weighted by atomic mass is 9.51. The first-order valence-electron chi connectivity index (χ1n) is 9.65. The van der Waals surface area contributed by atoms with Crippen LogP contribution in [0.4, 0.5) is 8.78 Å². The molecule has 4 saturated carbocycles. The second-order valence-corrected chi connectivity index (χ2v) is 11.5. The topological polar surface area (TPSA) is 116 Å². The molecule has 168 valence electrons. The van der Waals surface area contributed by atoms with Gasteiger partial charge in [-0.3, -0.25) is 4.55 Å². The number of fused-ring (bicyclic) bond motifs is 1. The van der Waals surface area contributed by atoms with Gasteiger partial charge in [-0.05, 0) is 78.8 Å². The Morgan fingerprint density at radius 2 is 1.84 bits per heavy atom. The molecule has 1 spiro atoms. The second-order valence-electron chi connectivity index (χ2n) is 8.76. The summed E-state index contributed by atoms with van der Waals surface area (Å²) in [4.78, 5) is 24.7. The zero-order chi connectivity index (χ0) is 22.4. The van der Waals surface area contributed by atoms with Gasteiger partial charge in [0, 0.05) is 15.4 Å². The maximum atomic E-state index is 13.8. The second kappa shape index (κ2) is 6.50. The lowest BCUT2D eigenvalue weighted by molar-refractivity contribution is -0.309. The summed E-state index contributed by atoms with van der Waals surface area (Å²) in [6.45, 7) is 0. The van der Waals surface area contributed by atoms with Crippen LogP contribution in [-0.2, 0) is 24.4 Å². The molecule has 12 heteroatoms. The quantitative estimate of drug-likeness (QED) is 0.335. The van der Waals surface area contributed by atoms with Crippen molar-refractivity contribution in [3.05, 3.63) is 27.3 Å². The Balaban J connectivity index is 1.46. The number of hydrogen-bond acceptors (Lipinski definition) is 7. The van der Waals surface area contributed by atoms with E-state index in [1.807, 2.05) is 0 Å². The molecule has 4 bridgehead atoms. The summed E-state index contributed by atoms with van der Waals surface area (Å²) in [6, 6.07) is 5.09. The highest BCUT2D eigenvalue weighted by atomic mass is 127. The van der Waals surface area contributed by atoms with Gasteiger partial charge < -0.3 is 14.2 Å². The molecule has 1 heterocycles. The highest BCUT2D eigenvalue weighted by Gasteiger charge is 2.69. The highest BCUT2D eigenvalue weighted by Crippen LogP contribution is 2.63. The van der Waals surface area contributed by atoms with Crippen LogP contribution in [0.5, 0.6) is 5.75 Å². The third-order valence-corrected chi connectivity index (χ3v) is 8.31. The number of halogens is 3. The highest BCUT2D eigenvalue weighted by molar-refractivity contribution is 14.1. The number of ether oxygens (including phenoxy) is 3. The Bertz CT molecular complexity index is 1090. The first-order valence-corrected chi connectivity index (χ1v) is 12.2. The van der Waals surface area contributed by atoms with Crippen LogP contribution in [0.15, 0.2) is 18.2 Å². The van der Waals surface area contributed by atoms with Crippen molar-refractivity contribution in [2.24, 2.45) is 17.8 Å². The molecule has 6 rings (SSSR count). The van der Waals surface area contributed by atoms with Crippen LogP contribution in [0.25, 0.3) is 0 Å². The number of rotatable bonds is 3. The van der Waals surface area contributed by atoms with Crippen molar-refractivity contribution in [1.82, 2.24) is 0 Å². The van der Waals surface area contributed by atoms with E-state index in [9.17, 15) is 26.8 Å². The molecular weight excluding hydrogens is 553 g/mol. The third kappa shape index (κ3) is 3.08. The molecule has 2 unspecified atom stereocenters. The summed E-state index contributed by atoms with van der Waals surface area (Å²) in [7, 11) is -5.96. The van der Waals surface area contributed by atoms with Crippen LogP contribution in [0.2, 0.25) is 0 Å². The molecule has 0 aromatic heterocycles. The molecule has 0 saturated heterocycles. The van der Waals surface area contributed by atoms with E-state index in [0.29, 0.717) is 30.6 Å². The minimum absolute atomic E-state index is 0.0230. The van der Waals surface area contributed by atoms with Crippen LogP contribution < -0.4 is 4.74 Å². The van der Waals surface area contributed by atoms with E-state index in [0.717, 1.165) is 3.57 Å². The summed E-state index contributed by atoms with van der Waals surface area (Å²) < 4.78 is 76.2. The molecule has 1 aromatic rings. The first kappa shape index (κ1) is 21.3. The van der Waals surface area contributed by atoms with Gasteiger partial charge in [-0.15, -0.1) is 0 Å². The van der Waals surface area contributed by atoms with Crippen LogP contribution in [-0.4, -0.2) is 41.6 Å². The van der Waals surface area contributed by atoms with Gasteiger partial charge in [-0.1, -0.05) is 0 Å². The van der Waals surface area contributed by atoms with Crippen molar-refractivity contribution in [3.63, 3.8) is 0 Å². The van der Waals surface area contributed by atoms with Crippen molar-refractivity contribution in [1.29, 1.82) is 0 Å². The maximum Gasteiger partial charge on any atom is 0.465 e. The van der Waals surface area contributed by atoms with Crippen molar-refractivity contribution >= 4 is 44.6 Å². The summed E-state index contributed by atoms with van der Waals surface area (Å²) >= 11 is 2.10. The van der Waals surface area contributed by atoms with Crippen LogP contribution >= 0.6 is 22.6 Å². The van der Waals surface area contributed by atoms with E-state index in [1.165, 1.54) is 0 Å². The number of alkyl halides is 2. The van der Waals surface area contributed by atoms with Gasteiger partial charge in [0.1, 0.15) is 16.9 Å². The van der Waals surface area contributed by atoms with E-state index in [-0.39, 0.29) is 18.8 Å². The fraction of sp³-hybridized carbons (Fsp3) is 0.579. The van der Waals surface area contributed by atoms with E-state index in [4.69, 9.17) is 18.8 Å². The van der Waals surface area contributed by atoms with E-state index < -0.39 is 50.5 Å². The summed E-state index contributed by atoms with van der Waals surface area (Å²) in [5.41, 5.74) is -1.03. The predicted molar refractivity (Wildman–Crippen MR) is 107 cm³/mol. The van der Waals surface area contributed by atoms with Gasteiger partial charge in [-0.2, -0.15) is 17.2 Å². The molecule has 5 aliphatic rings. The lowest BCUT2D eigenvalue weighted by Gasteiger charge is -2.63. The summed E-state index contributed by atoms with van der Waals surface area (Å²) in [5, 5.41) is -5.06. The summed E-state index contributed by atoms with van der Waals surface area (Å²) in [6.07, 6.45) is 1.65. The Morgan fingerprint density at radius 3 is 2.45 bits per heavy atom. The fourth-order valence-electron chi connectivity index (χ4n) is 5.82. The fourth-order valence-corrected chi connectivity index (χ4v) is 6.53. The Labute approximate surface area is 189 Å².